The highest BCUT2D eigenvalue weighted by molar-refractivity contribution is 5.64. The van der Waals surface area contributed by atoms with Crippen LogP contribution >= 0.6 is 0 Å². The van der Waals surface area contributed by atoms with Gasteiger partial charge in [0.2, 0.25) is 0 Å². The Hall–Kier alpha value is -2.05. The molecular weight excluding hydrogens is 457 g/mol. The fourth-order valence-corrected chi connectivity index (χ4v) is 4.82. The molecule has 0 amide bonds. The second-order valence-corrected chi connectivity index (χ2v) is 9.41. The first kappa shape index (κ1) is 26.6. The summed E-state index contributed by atoms with van der Waals surface area (Å²) in [6, 6.07) is 11.2. The number of benzene rings is 2. The van der Waals surface area contributed by atoms with E-state index >= 15 is 0 Å². The van der Waals surface area contributed by atoms with Gasteiger partial charge in [-0.15, -0.1) is 0 Å². The Labute approximate surface area is 196 Å². The van der Waals surface area contributed by atoms with Crippen molar-refractivity contribution in [2.24, 2.45) is 5.92 Å². The van der Waals surface area contributed by atoms with E-state index in [1.54, 1.807) is 0 Å². The van der Waals surface area contributed by atoms with Gasteiger partial charge in [0.15, 0.2) is 0 Å². The van der Waals surface area contributed by atoms with Crippen LogP contribution in [0.1, 0.15) is 81.8 Å². The average molecular weight is 489 g/mol. The summed E-state index contributed by atoms with van der Waals surface area (Å²) in [4.78, 5) is 0. The van der Waals surface area contributed by atoms with Crippen molar-refractivity contribution in [1.82, 2.24) is 0 Å². The van der Waals surface area contributed by atoms with Crippen LogP contribution in [0.5, 0.6) is 0 Å². The van der Waals surface area contributed by atoms with Crippen LogP contribution in [0.2, 0.25) is 0 Å². The van der Waals surface area contributed by atoms with Crippen molar-refractivity contribution in [1.29, 1.82) is 0 Å². The van der Waals surface area contributed by atoms with Crippen LogP contribution < -0.4 is 0 Å². The van der Waals surface area contributed by atoms with E-state index in [-0.39, 0.29) is 0 Å². The van der Waals surface area contributed by atoms with Gasteiger partial charge in [0.25, 0.3) is 0 Å². The summed E-state index contributed by atoms with van der Waals surface area (Å²) >= 11 is 0. The molecule has 0 radical (unpaired) electrons. The van der Waals surface area contributed by atoms with Crippen LogP contribution in [0.15, 0.2) is 48.5 Å². The van der Waals surface area contributed by atoms with Gasteiger partial charge >= 0.3 is 18.0 Å². The highest BCUT2D eigenvalue weighted by Gasteiger charge is 2.73. The zero-order chi connectivity index (χ0) is 25.0. The van der Waals surface area contributed by atoms with Gasteiger partial charge in [-0.05, 0) is 54.2 Å². The molecule has 1 aliphatic rings. The molecule has 2 aromatic rings. The predicted molar refractivity (Wildman–Crippen MR) is 120 cm³/mol. The topological polar surface area (TPSA) is 0 Å². The molecule has 3 rings (SSSR count). The lowest BCUT2D eigenvalue weighted by atomic mass is 9.77. The molecule has 0 nitrogen and oxygen atoms in total. The Bertz CT molecular complexity index is 890. The third kappa shape index (κ3) is 5.77. The number of unbranched alkanes of at least 4 members (excludes halogenated alkanes) is 3. The van der Waals surface area contributed by atoms with Crippen molar-refractivity contribution < 1.29 is 30.7 Å². The van der Waals surface area contributed by atoms with Crippen molar-refractivity contribution in [2.45, 2.75) is 88.7 Å². The monoisotopic (exact) mass is 488 g/mol. The van der Waals surface area contributed by atoms with Gasteiger partial charge in [-0.2, -0.15) is 30.7 Å². The molecule has 0 atom stereocenters. The van der Waals surface area contributed by atoms with E-state index < -0.39 is 23.6 Å². The van der Waals surface area contributed by atoms with E-state index in [1.165, 1.54) is 50.5 Å². The Kier molecular flexibility index (Phi) is 8.35. The first-order valence-corrected chi connectivity index (χ1v) is 12.0. The molecule has 1 fully saturated rings. The van der Waals surface area contributed by atoms with Gasteiger partial charge in [-0.3, -0.25) is 0 Å². The molecule has 0 aromatic heterocycles. The van der Waals surface area contributed by atoms with Gasteiger partial charge in [0.05, 0.1) is 0 Å². The number of halogens is 7. The van der Waals surface area contributed by atoms with Gasteiger partial charge in [0.1, 0.15) is 0 Å². The minimum atomic E-state index is -6.35. The Morgan fingerprint density at radius 2 is 1.21 bits per heavy atom. The molecule has 0 aliphatic heterocycles. The minimum absolute atomic E-state index is 0.470. The number of hydrogen-bond donors (Lipinski definition) is 0. The van der Waals surface area contributed by atoms with Crippen LogP contribution in [0.25, 0.3) is 11.1 Å². The third-order valence-electron chi connectivity index (χ3n) is 7.03. The molecule has 188 valence electrons. The maximum atomic E-state index is 13.9. The third-order valence-corrected chi connectivity index (χ3v) is 7.03. The van der Waals surface area contributed by atoms with Gasteiger partial charge in [-0.25, -0.2) is 0 Å². The molecule has 0 bridgehead atoms. The fraction of sp³-hybridized carbons (Fsp3) is 0.556. The number of alkyl halides is 7. The number of hydrogen-bond acceptors (Lipinski definition) is 0. The van der Waals surface area contributed by atoms with Crippen molar-refractivity contribution in [3.8, 4) is 11.1 Å². The van der Waals surface area contributed by atoms with Gasteiger partial charge in [-0.1, -0.05) is 87.6 Å². The molecule has 0 heterocycles. The molecular formula is C27H31F7. The molecule has 34 heavy (non-hydrogen) atoms. The minimum Gasteiger partial charge on any atom is -0.194 e. The fourth-order valence-electron chi connectivity index (χ4n) is 4.82. The highest BCUT2D eigenvalue weighted by Crippen LogP contribution is 2.51. The second kappa shape index (κ2) is 10.7. The summed E-state index contributed by atoms with van der Waals surface area (Å²) in [5.41, 5.74) is 0.992. The molecule has 0 N–H and O–H groups in total. The largest absolute Gasteiger partial charge is 0.460 e. The molecule has 1 saturated carbocycles. The Morgan fingerprint density at radius 3 is 1.71 bits per heavy atom. The van der Waals surface area contributed by atoms with Gasteiger partial charge < -0.3 is 0 Å². The van der Waals surface area contributed by atoms with Crippen molar-refractivity contribution >= 4 is 0 Å². The maximum absolute atomic E-state index is 13.9. The van der Waals surface area contributed by atoms with E-state index in [4.69, 9.17) is 0 Å². The van der Waals surface area contributed by atoms with Crippen molar-refractivity contribution in [3.05, 3.63) is 59.7 Å². The summed E-state index contributed by atoms with van der Waals surface area (Å²) in [5.74, 6) is -10.2. The summed E-state index contributed by atoms with van der Waals surface area (Å²) in [6.07, 6.45) is 4.81. The Balaban J connectivity index is 1.61. The van der Waals surface area contributed by atoms with E-state index in [9.17, 15) is 30.7 Å². The van der Waals surface area contributed by atoms with Gasteiger partial charge in [0, 0.05) is 5.56 Å². The molecule has 2 aromatic carbocycles. The maximum Gasteiger partial charge on any atom is 0.460 e. The summed E-state index contributed by atoms with van der Waals surface area (Å²) in [7, 11) is 0. The quantitative estimate of drug-likeness (QED) is 0.243. The van der Waals surface area contributed by atoms with Crippen molar-refractivity contribution in [3.63, 3.8) is 0 Å². The smallest absolute Gasteiger partial charge is 0.194 e. The molecule has 0 saturated heterocycles. The number of rotatable bonds is 9. The normalized spacial score (nSPS) is 19.9. The average Bonchev–Trinajstić information content (AvgIpc) is 2.82. The Morgan fingerprint density at radius 1 is 0.676 bits per heavy atom. The summed E-state index contributed by atoms with van der Waals surface area (Å²) in [6.45, 7) is 2.21. The molecule has 1 aliphatic carbocycles. The first-order valence-electron chi connectivity index (χ1n) is 12.0. The van der Waals surface area contributed by atoms with Crippen molar-refractivity contribution in [2.75, 3.05) is 0 Å². The predicted octanol–water partition coefficient (Wildman–Crippen LogP) is 9.89. The first-order chi connectivity index (χ1) is 16.0. The van der Waals surface area contributed by atoms with Crippen LogP contribution in [-0.2, 0) is 5.92 Å². The molecule has 7 heteroatoms. The second-order valence-electron chi connectivity index (χ2n) is 9.41. The van der Waals surface area contributed by atoms with E-state index in [1.807, 2.05) is 24.3 Å². The van der Waals surface area contributed by atoms with Crippen LogP contribution in [0, 0.1) is 5.92 Å². The van der Waals surface area contributed by atoms with E-state index in [2.05, 4.69) is 6.92 Å². The summed E-state index contributed by atoms with van der Waals surface area (Å²) < 4.78 is 91.6. The lowest BCUT2D eigenvalue weighted by molar-refractivity contribution is -0.359. The van der Waals surface area contributed by atoms with E-state index in [0.29, 0.717) is 29.2 Å². The SMILES string of the molecule is CCCCCCC1CCC(c2ccc(-c3ccc(C(F)(F)C(F)(F)C(F)(F)F)cc3)cc2)CC1. The van der Waals surface area contributed by atoms with Crippen LogP contribution in [0.4, 0.5) is 30.7 Å². The van der Waals surface area contributed by atoms with Crippen LogP contribution in [0.3, 0.4) is 0 Å². The van der Waals surface area contributed by atoms with E-state index in [0.717, 1.165) is 30.9 Å². The highest BCUT2D eigenvalue weighted by atomic mass is 19.4. The lowest BCUT2D eigenvalue weighted by Crippen LogP contribution is -2.49. The molecule has 0 spiro atoms. The summed E-state index contributed by atoms with van der Waals surface area (Å²) in [5, 5.41) is 0. The molecule has 0 unspecified atom stereocenters. The standard InChI is InChI=1S/C27H31F7/c1-2-3-4-5-6-19-7-9-20(10-8-19)21-11-13-22(14-12-21)23-15-17-24(18-16-23)25(28,29)26(30,31)27(32,33)34/h11-20H,2-10H2,1H3. The van der Waals surface area contributed by atoms with Crippen LogP contribution in [-0.4, -0.2) is 12.1 Å². The zero-order valence-corrected chi connectivity index (χ0v) is 19.3. The zero-order valence-electron chi connectivity index (χ0n) is 19.3. The lowest BCUT2D eigenvalue weighted by Gasteiger charge is -2.29.